The number of carbonyl (C=O) groups is 1. The lowest BCUT2D eigenvalue weighted by Gasteiger charge is -2.09. The third-order valence-electron chi connectivity index (χ3n) is 4.90. The molecule has 3 rings (SSSR count). The number of halogens is 1. The number of aromatic nitrogens is 2. The zero-order valence-corrected chi connectivity index (χ0v) is 21.2. The van der Waals surface area contributed by atoms with Crippen molar-refractivity contribution in [2.24, 2.45) is 5.10 Å². The van der Waals surface area contributed by atoms with E-state index in [1.807, 2.05) is 57.2 Å². The molecule has 1 aromatic carbocycles. The number of nitriles is 1. The smallest absolute Gasteiger partial charge is 0.250 e. The first kappa shape index (κ1) is 24.7. The van der Waals surface area contributed by atoms with Crippen LogP contribution < -0.4 is 5.43 Å². The molecule has 0 radical (unpaired) electrons. The van der Waals surface area contributed by atoms with Crippen molar-refractivity contribution in [3.63, 3.8) is 0 Å². The lowest BCUT2D eigenvalue weighted by Crippen LogP contribution is -2.20. The van der Waals surface area contributed by atoms with E-state index < -0.39 is 0 Å². The fourth-order valence-electron chi connectivity index (χ4n) is 3.45. The molecule has 1 N–H and O–H groups in total. The maximum atomic E-state index is 12.3. The number of amides is 1. The monoisotopic (exact) mass is 525 g/mol. The number of ether oxygens (including phenoxy) is 1. The second kappa shape index (κ2) is 11.3. The van der Waals surface area contributed by atoms with Crippen molar-refractivity contribution in [2.45, 2.75) is 32.4 Å². The van der Waals surface area contributed by atoms with Crippen molar-refractivity contribution in [2.75, 3.05) is 12.9 Å². The van der Waals surface area contributed by atoms with E-state index in [0.717, 1.165) is 38.4 Å². The van der Waals surface area contributed by atoms with Crippen LogP contribution in [0.3, 0.4) is 0 Å². The summed E-state index contributed by atoms with van der Waals surface area (Å²) in [5, 5.41) is 14.1. The SMILES string of the molecule is COCc1cc(C)nc(SCC(=O)N/N=C\c2cc(C)n(-c3ccc(Br)cc3)c2C)c1C#N. The topological polar surface area (TPSA) is 92.3 Å². The number of rotatable bonds is 8. The number of pyridine rings is 1. The van der Waals surface area contributed by atoms with Crippen molar-refractivity contribution >= 4 is 39.8 Å². The van der Waals surface area contributed by atoms with Crippen LogP contribution >= 0.6 is 27.7 Å². The minimum Gasteiger partial charge on any atom is -0.380 e. The minimum atomic E-state index is -0.279. The van der Waals surface area contributed by atoms with Crippen LogP contribution in [0, 0.1) is 32.1 Å². The molecule has 3 aromatic rings. The molecule has 0 atom stereocenters. The van der Waals surface area contributed by atoms with Crippen LogP contribution in [0.4, 0.5) is 0 Å². The maximum Gasteiger partial charge on any atom is 0.250 e. The second-order valence-corrected chi connectivity index (χ2v) is 9.25. The van der Waals surface area contributed by atoms with E-state index in [2.05, 4.69) is 42.1 Å². The third kappa shape index (κ3) is 6.11. The van der Waals surface area contributed by atoms with Gasteiger partial charge >= 0.3 is 0 Å². The van der Waals surface area contributed by atoms with Gasteiger partial charge in [0.2, 0.25) is 5.91 Å². The van der Waals surface area contributed by atoms with E-state index in [9.17, 15) is 10.1 Å². The minimum absolute atomic E-state index is 0.0901. The summed E-state index contributed by atoms with van der Waals surface area (Å²) in [5.74, 6) is -0.189. The highest BCUT2D eigenvalue weighted by Gasteiger charge is 2.14. The summed E-state index contributed by atoms with van der Waals surface area (Å²) in [7, 11) is 1.57. The number of benzene rings is 1. The van der Waals surface area contributed by atoms with Crippen molar-refractivity contribution in [1.82, 2.24) is 15.0 Å². The Bertz CT molecular complexity index is 1230. The molecule has 0 spiro atoms. The molecule has 2 heterocycles. The Morgan fingerprint density at radius 3 is 2.70 bits per heavy atom. The molecule has 0 saturated carbocycles. The van der Waals surface area contributed by atoms with Gasteiger partial charge in [-0.15, -0.1) is 0 Å². The van der Waals surface area contributed by atoms with Crippen LogP contribution in [0.1, 0.15) is 33.8 Å². The highest BCUT2D eigenvalue weighted by molar-refractivity contribution is 9.10. The predicted octanol–water partition coefficient (Wildman–Crippen LogP) is 4.82. The van der Waals surface area contributed by atoms with Gasteiger partial charge in [-0.3, -0.25) is 4.79 Å². The van der Waals surface area contributed by atoms with Crippen molar-refractivity contribution in [1.29, 1.82) is 5.26 Å². The van der Waals surface area contributed by atoms with Crippen LogP contribution in [0.25, 0.3) is 5.69 Å². The lowest BCUT2D eigenvalue weighted by atomic mass is 10.1. The fraction of sp³-hybridized carbons (Fsp3) is 0.250. The van der Waals surface area contributed by atoms with E-state index in [-0.39, 0.29) is 11.7 Å². The van der Waals surface area contributed by atoms with Crippen LogP contribution in [0.15, 0.2) is 51.0 Å². The first-order valence-electron chi connectivity index (χ1n) is 10.1. The van der Waals surface area contributed by atoms with Gasteiger partial charge in [-0.2, -0.15) is 10.4 Å². The summed E-state index contributed by atoms with van der Waals surface area (Å²) in [6.45, 7) is 6.20. The number of nitrogens with zero attached hydrogens (tertiary/aromatic N) is 4. The molecule has 0 bridgehead atoms. The number of nitrogens with one attached hydrogen (secondary N) is 1. The Hall–Kier alpha value is -2.93. The van der Waals surface area contributed by atoms with Gasteiger partial charge in [0, 0.05) is 39.9 Å². The first-order valence-corrected chi connectivity index (χ1v) is 11.9. The Balaban J connectivity index is 1.65. The average molecular weight is 526 g/mol. The van der Waals surface area contributed by atoms with Crippen molar-refractivity contribution in [3.8, 4) is 11.8 Å². The number of methoxy groups -OCH3 is 1. The molecule has 170 valence electrons. The standard InChI is InChI=1S/C24H24BrN5O2S/c1-15-9-19(13-32-4)22(11-26)24(28-15)33-14-23(31)29-27-12-18-10-16(2)30(17(18)3)21-7-5-20(25)6-8-21/h5-10,12H,13-14H2,1-4H3,(H,29,31)/b27-12-. The van der Waals surface area contributed by atoms with Crippen LogP contribution in [-0.2, 0) is 16.1 Å². The maximum absolute atomic E-state index is 12.3. The fourth-order valence-corrected chi connectivity index (χ4v) is 4.58. The van der Waals surface area contributed by atoms with Gasteiger partial charge in [0.25, 0.3) is 0 Å². The van der Waals surface area contributed by atoms with Crippen LogP contribution in [-0.4, -0.2) is 34.5 Å². The number of hydrazone groups is 1. The van der Waals surface area contributed by atoms with Gasteiger partial charge in [0.15, 0.2) is 0 Å². The third-order valence-corrected chi connectivity index (χ3v) is 6.40. The Labute approximate surface area is 206 Å². The van der Waals surface area contributed by atoms with Gasteiger partial charge in [-0.05, 0) is 62.7 Å². The van der Waals surface area contributed by atoms with Gasteiger partial charge in [-0.25, -0.2) is 10.4 Å². The largest absolute Gasteiger partial charge is 0.380 e. The van der Waals surface area contributed by atoms with Gasteiger partial charge in [0.05, 0.1) is 24.1 Å². The Morgan fingerprint density at radius 1 is 1.30 bits per heavy atom. The highest BCUT2D eigenvalue weighted by atomic mass is 79.9. The number of carbonyl (C=O) groups excluding carboxylic acids is 1. The molecule has 0 aliphatic carbocycles. The molecule has 7 nitrogen and oxygen atoms in total. The zero-order chi connectivity index (χ0) is 24.0. The van der Waals surface area contributed by atoms with Crippen LogP contribution in [0.2, 0.25) is 0 Å². The second-order valence-electron chi connectivity index (χ2n) is 7.37. The molecular weight excluding hydrogens is 502 g/mol. The number of thioether (sulfide) groups is 1. The summed E-state index contributed by atoms with van der Waals surface area (Å²) in [6, 6.07) is 14.1. The van der Waals surface area contributed by atoms with Gasteiger partial charge in [-0.1, -0.05) is 27.7 Å². The average Bonchev–Trinajstić information content (AvgIpc) is 3.06. The number of hydrogen-bond acceptors (Lipinski definition) is 6. The quantitative estimate of drug-likeness (QED) is 0.258. The summed E-state index contributed by atoms with van der Waals surface area (Å²) in [5.41, 5.74) is 8.58. The van der Waals surface area contributed by atoms with E-state index >= 15 is 0 Å². The van der Waals surface area contributed by atoms with Crippen LogP contribution in [0.5, 0.6) is 0 Å². The predicted molar refractivity (Wildman–Crippen MR) is 134 cm³/mol. The summed E-state index contributed by atoms with van der Waals surface area (Å²) < 4.78 is 8.32. The summed E-state index contributed by atoms with van der Waals surface area (Å²) >= 11 is 4.66. The normalized spacial score (nSPS) is 11.0. The number of hydrogen-bond donors (Lipinski definition) is 1. The lowest BCUT2D eigenvalue weighted by molar-refractivity contribution is -0.118. The van der Waals surface area contributed by atoms with E-state index in [1.54, 1.807) is 13.3 Å². The van der Waals surface area contributed by atoms with E-state index in [1.165, 1.54) is 11.8 Å². The Kier molecular flexibility index (Phi) is 8.44. The molecule has 1 amide bonds. The molecule has 0 saturated heterocycles. The first-order chi connectivity index (χ1) is 15.8. The van der Waals surface area contributed by atoms with E-state index in [0.29, 0.717) is 17.2 Å². The molecular formula is C24H24BrN5O2S. The highest BCUT2D eigenvalue weighted by Crippen LogP contribution is 2.25. The Morgan fingerprint density at radius 2 is 2.03 bits per heavy atom. The summed E-state index contributed by atoms with van der Waals surface area (Å²) in [4.78, 5) is 16.7. The van der Waals surface area contributed by atoms with E-state index in [4.69, 9.17) is 4.74 Å². The molecule has 0 unspecified atom stereocenters. The molecule has 9 heteroatoms. The molecule has 2 aromatic heterocycles. The molecule has 0 fully saturated rings. The number of aryl methyl sites for hydroxylation is 2. The van der Waals surface area contributed by atoms with Gasteiger partial charge in [0.1, 0.15) is 11.1 Å². The van der Waals surface area contributed by atoms with Crippen molar-refractivity contribution in [3.05, 3.63) is 74.6 Å². The molecule has 0 aliphatic rings. The molecule has 33 heavy (non-hydrogen) atoms. The van der Waals surface area contributed by atoms with Gasteiger partial charge < -0.3 is 9.30 Å². The van der Waals surface area contributed by atoms with Crippen molar-refractivity contribution < 1.29 is 9.53 Å². The summed E-state index contributed by atoms with van der Waals surface area (Å²) in [6.07, 6.45) is 1.64. The zero-order valence-electron chi connectivity index (χ0n) is 18.8. The molecule has 0 aliphatic heterocycles.